The number of carbonyl (C=O) groups is 2. The Bertz CT molecular complexity index is 583. The Morgan fingerprint density at radius 1 is 1.32 bits per heavy atom. The lowest BCUT2D eigenvalue weighted by molar-refractivity contribution is -0.126. The molecule has 25 heavy (non-hydrogen) atoms. The number of aromatic nitrogens is 1. The fourth-order valence-electron chi connectivity index (χ4n) is 2.81. The van der Waals surface area contributed by atoms with Crippen LogP contribution in [0.5, 0.6) is 0 Å². The van der Waals surface area contributed by atoms with Gasteiger partial charge in [-0.05, 0) is 32.4 Å². The number of amides is 2. The zero-order valence-corrected chi connectivity index (χ0v) is 15.7. The summed E-state index contributed by atoms with van der Waals surface area (Å²) in [7, 11) is 0. The van der Waals surface area contributed by atoms with Crippen LogP contribution in [-0.4, -0.2) is 48.0 Å². The number of rotatable bonds is 6. The molecule has 2 N–H and O–H groups in total. The fourth-order valence-corrected chi connectivity index (χ4v) is 2.81. The van der Waals surface area contributed by atoms with Crippen molar-refractivity contribution < 1.29 is 14.1 Å². The van der Waals surface area contributed by atoms with Crippen LogP contribution in [0.3, 0.4) is 0 Å². The SMILES string of the molecule is CCCNC(=O)C1CCN(CC(=O)Nc2cc(C(C)(C)C)no2)CC1. The Kier molecular flexibility index (Phi) is 6.58. The first-order chi connectivity index (χ1) is 11.8. The fraction of sp³-hybridized carbons (Fsp3) is 0.722. The van der Waals surface area contributed by atoms with Gasteiger partial charge in [-0.15, -0.1) is 0 Å². The predicted molar refractivity (Wildman–Crippen MR) is 96.3 cm³/mol. The summed E-state index contributed by atoms with van der Waals surface area (Å²) in [6, 6.07) is 1.77. The summed E-state index contributed by atoms with van der Waals surface area (Å²) in [4.78, 5) is 26.2. The predicted octanol–water partition coefficient (Wildman–Crippen LogP) is 2.15. The first kappa shape index (κ1) is 19.4. The topological polar surface area (TPSA) is 87.5 Å². The molecular weight excluding hydrogens is 320 g/mol. The number of hydrogen-bond acceptors (Lipinski definition) is 5. The Hall–Kier alpha value is -1.89. The van der Waals surface area contributed by atoms with Gasteiger partial charge < -0.3 is 9.84 Å². The third kappa shape index (κ3) is 5.85. The second kappa shape index (κ2) is 8.47. The molecule has 2 heterocycles. The van der Waals surface area contributed by atoms with E-state index in [1.165, 1.54) is 0 Å². The highest BCUT2D eigenvalue weighted by molar-refractivity contribution is 5.91. The normalized spacial score (nSPS) is 16.6. The minimum Gasteiger partial charge on any atom is -0.356 e. The third-order valence-corrected chi connectivity index (χ3v) is 4.42. The lowest BCUT2D eigenvalue weighted by Gasteiger charge is -2.30. The summed E-state index contributed by atoms with van der Waals surface area (Å²) in [6.45, 7) is 10.7. The van der Waals surface area contributed by atoms with E-state index in [0.717, 1.165) is 44.6 Å². The highest BCUT2D eigenvalue weighted by Gasteiger charge is 2.26. The van der Waals surface area contributed by atoms with E-state index in [1.54, 1.807) is 6.07 Å². The first-order valence-electron chi connectivity index (χ1n) is 9.06. The van der Waals surface area contributed by atoms with Gasteiger partial charge in [0.1, 0.15) is 0 Å². The highest BCUT2D eigenvalue weighted by Crippen LogP contribution is 2.23. The van der Waals surface area contributed by atoms with Crippen LogP contribution in [0.15, 0.2) is 10.6 Å². The summed E-state index contributed by atoms with van der Waals surface area (Å²) >= 11 is 0. The zero-order valence-electron chi connectivity index (χ0n) is 15.7. The summed E-state index contributed by atoms with van der Waals surface area (Å²) in [5, 5.41) is 9.70. The maximum absolute atomic E-state index is 12.2. The van der Waals surface area contributed by atoms with Crippen molar-refractivity contribution in [2.75, 3.05) is 31.5 Å². The third-order valence-electron chi connectivity index (χ3n) is 4.42. The average Bonchev–Trinajstić information content (AvgIpc) is 3.02. The molecule has 0 atom stereocenters. The molecule has 7 nitrogen and oxygen atoms in total. The average molecular weight is 350 g/mol. The monoisotopic (exact) mass is 350 g/mol. The Morgan fingerprint density at radius 2 is 2.00 bits per heavy atom. The van der Waals surface area contributed by atoms with E-state index >= 15 is 0 Å². The summed E-state index contributed by atoms with van der Waals surface area (Å²) < 4.78 is 5.18. The molecule has 1 saturated heterocycles. The van der Waals surface area contributed by atoms with Gasteiger partial charge in [-0.1, -0.05) is 32.9 Å². The van der Waals surface area contributed by atoms with E-state index in [4.69, 9.17) is 4.52 Å². The van der Waals surface area contributed by atoms with Gasteiger partial charge in [0.15, 0.2) is 0 Å². The molecule has 7 heteroatoms. The van der Waals surface area contributed by atoms with Crippen molar-refractivity contribution in [2.45, 2.75) is 52.4 Å². The van der Waals surface area contributed by atoms with Gasteiger partial charge in [-0.3, -0.25) is 19.8 Å². The van der Waals surface area contributed by atoms with E-state index in [2.05, 4.69) is 20.7 Å². The standard InChI is InChI=1S/C18H30N4O3/c1-5-8-19-17(24)13-6-9-22(10-7-13)12-15(23)20-16-11-14(21-25-16)18(2,3)4/h11,13H,5-10,12H2,1-4H3,(H,19,24)(H,20,23). The Morgan fingerprint density at radius 3 is 2.56 bits per heavy atom. The Balaban J connectivity index is 1.75. The van der Waals surface area contributed by atoms with Crippen LogP contribution >= 0.6 is 0 Å². The molecule has 140 valence electrons. The van der Waals surface area contributed by atoms with Crippen LogP contribution in [0.25, 0.3) is 0 Å². The highest BCUT2D eigenvalue weighted by atomic mass is 16.5. The van der Waals surface area contributed by atoms with E-state index in [-0.39, 0.29) is 23.1 Å². The largest absolute Gasteiger partial charge is 0.356 e. The quantitative estimate of drug-likeness (QED) is 0.821. The molecule has 0 aromatic carbocycles. The van der Waals surface area contributed by atoms with Gasteiger partial charge in [0, 0.05) is 23.9 Å². The van der Waals surface area contributed by atoms with Crippen LogP contribution in [0.2, 0.25) is 0 Å². The van der Waals surface area contributed by atoms with Crippen molar-refractivity contribution in [3.63, 3.8) is 0 Å². The molecule has 1 fully saturated rings. The van der Waals surface area contributed by atoms with Crippen molar-refractivity contribution in [3.05, 3.63) is 11.8 Å². The minimum absolute atomic E-state index is 0.0643. The van der Waals surface area contributed by atoms with Crippen LogP contribution in [-0.2, 0) is 15.0 Å². The maximum Gasteiger partial charge on any atom is 0.240 e. The van der Waals surface area contributed by atoms with Gasteiger partial charge >= 0.3 is 0 Å². The van der Waals surface area contributed by atoms with Gasteiger partial charge in [0.25, 0.3) is 0 Å². The van der Waals surface area contributed by atoms with E-state index in [9.17, 15) is 9.59 Å². The molecule has 1 aliphatic rings. The molecule has 0 bridgehead atoms. The Labute approximate surface area is 149 Å². The number of piperidine rings is 1. The first-order valence-corrected chi connectivity index (χ1v) is 9.06. The number of carbonyl (C=O) groups excluding carboxylic acids is 2. The van der Waals surface area contributed by atoms with Crippen LogP contribution < -0.4 is 10.6 Å². The minimum atomic E-state index is -0.120. The number of nitrogens with one attached hydrogen (secondary N) is 2. The summed E-state index contributed by atoms with van der Waals surface area (Å²) in [6.07, 6.45) is 2.53. The number of anilines is 1. The van der Waals surface area contributed by atoms with E-state index in [0.29, 0.717) is 12.4 Å². The lowest BCUT2D eigenvalue weighted by Crippen LogP contribution is -2.43. The summed E-state index contributed by atoms with van der Waals surface area (Å²) in [5.41, 5.74) is 0.689. The smallest absolute Gasteiger partial charge is 0.240 e. The van der Waals surface area contributed by atoms with Gasteiger partial charge in [-0.2, -0.15) is 0 Å². The van der Waals surface area contributed by atoms with Crippen molar-refractivity contribution in [3.8, 4) is 0 Å². The molecule has 0 saturated carbocycles. The molecule has 0 spiro atoms. The summed E-state index contributed by atoms with van der Waals surface area (Å²) in [5.74, 6) is 0.464. The van der Waals surface area contributed by atoms with Crippen molar-refractivity contribution in [2.24, 2.45) is 5.92 Å². The number of nitrogens with zero attached hydrogens (tertiary/aromatic N) is 2. The van der Waals surface area contributed by atoms with Crippen molar-refractivity contribution in [1.82, 2.24) is 15.4 Å². The molecule has 1 aromatic rings. The van der Waals surface area contributed by atoms with Crippen LogP contribution in [0, 0.1) is 5.92 Å². The molecule has 2 amide bonds. The van der Waals surface area contributed by atoms with E-state index < -0.39 is 0 Å². The maximum atomic E-state index is 12.2. The zero-order chi connectivity index (χ0) is 18.4. The molecule has 1 aromatic heterocycles. The molecule has 1 aliphatic heterocycles. The van der Waals surface area contributed by atoms with Crippen LogP contribution in [0.4, 0.5) is 5.88 Å². The molecular formula is C18H30N4O3. The number of likely N-dealkylation sites (tertiary alicyclic amines) is 1. The van der Waals surface area contributed by atoms with Crippen LogP contribution in [0.1, 0.15) is 52.7 Å². The van der Waals surface area contributed by atoms with Crippen molar-refractivity contribution >= 4 is 17.7 Å². The molecule has 0 aliphatic carbocycles. The molecule has 0 unspecified atom stereocenters. The second-order valence-corrected chi connectivity index (χ2v) is 7.72. The molecule has 0 radical (unpaired) electrons. The van der Waals surface area contributed by atoms with Gasteiger partial charge in [-0.25, -0.2) is 0 Å². The van der Waals surface area contributed by atoms with Crippen molar-refractivity contribution in [1.29, 1.82) is 0 Å². The van der Waals surface area contributed by atoms with E-state index in [1.807, 2.05) is 27.7 Å². The second-order valence-electron chi connectivity index (χ2n) is 7.72. The lowest BCUT2D eigenvalue weighted by atomic mass is 9.92. The van der Waals surface area contributed by atoms with Gasteiger partial charge in [0.2, 0.25) is 17.7 Å². The van der Waals surface area contributed by atoms with Gasteiger partial charge in [0.05, 0.1) is 12.2 Å². The molecule has 2 rings (SSSR count). The number of hydrogen-bond donors (Lipinski definition) is 2.